The van der Waals surface area contributed by atoms with Gasteiger partial charge in [-0.15, -0.1) is 0 Å². The van der Waals surface area contributed by atoms with E-state index in [1.54, 1.807) is 19.2 Å². The minimum absolute atomic E-state index is 0.0592. The number of aromatic nitrogens is 2. The van der Waals surface area contributed by atoms with Crippen LogP contribution in [0, 0.1) is 11.3 Å². The molecule has 1 aromatic heterocycles. The lowest BCUT2D eigenvalue weighted by Crippen LogP contribution is -2.18. The van der Waals surface area contributed by atoms with Gasteiger partial charge in [-0.05, 0) is 25.0 Å². The second-order valence-corrected chi connectivity index (χ2v) is 7.63. The number of hydrazone groups is 1. The van der Waals surface area contributed by atoms with E-state index in [4.69, 9.17) is 16.3 Å². The number of aromatic amines is 1. The first kappa shape index (κ1) is 21.4. The number of ether oxygens (including phenoxy) is 1. The second-order valence-electron chi connectivity index (χ2n) is 7.23. The van der Waals surface area contributed by atoms with E-state index in [1.807, 2.05) is 36.4 Å². The summed E-state index contributed by atoms with van der Waals surface area (Å²) in [6, 6.07) is 14.6. The van der Waals surface area contributed by atoms with Crippen molar-refractivity contribution < 1.29 is 4.74 Å². The van der Waals surface area contributed by atoms with Gasteiger partial charge in [-0.25, -0.2) is 10.4 Å². The summed E-state index contributed by atoms with van der Waals surface area (Å²) in [5.74, 6) is 0.829. The zero-order valence-electron chi connectivity index (χ0n) is 17.4. The molecule has 2 N–H and O–H groups in total. The van der Waals surface area contributed by atoms with Crippen LogP contribution in [0.2, 0.25) is 5.02 Å². The smallest absolute Gasteiger partial charge is 0.270 e. The number of nitrogens with zero attached hydrogens (tertiary/aromatic N) is 4. The molecule has 0 bridgehead atoms. The molecule has 1 aliphatic rings. The van der Waals surface area contributed by atoms with Crippen LogP contribution in [-0.2, 0) is 0 Å². The lowest BCUT2D eigenvalue weighted by atomic mass is 10.1. The molecular formula is C23H21ClN6O2. The number of hydrogen-bond acceptors (Lipinski definition) is 7. The Labute approximate surface area is 190 Å². The Hall–Kier alpha value is -3.83. The fraction of sp³-hybridized carbons (Fsp3) is 0.217. The Kier molecular flexibility index (Phi) is 6.38. The monoisotopic (exact) mass is 448 g/mol. The molecule has 32 heavy (non-hydrogen) atoms. The summed E-state index contributed by atoms with van der Waals surface area (Å²) in [5, 5.41) is 14.1. The molecule has 0 spiro atoms. The van der Waals surface area contributed by atoms with Crippen molar-refractivity contribution in [3.05, 3.63) is 69.0 Å². The molecule has 2 heterocycles. The van der Waals surface area contributed by atoms with Gasteiger partial charge in [0.05, 0.1) is 29.7 Å². The van der Waals surface area contributed by atoms with Crippen LogP contribution in [0.5, 0.6) is 5.75 Å². The Morgan fingerprint density at radius 2 is 2.03 bits per heavy atom. The van der Waals surface area contributed by atoms with Crippen molar-refractivity contribution in [1.29, 1.82) is 5.26 Å². The first-order valence-electron chi connectivity index (χ1n) is 10.1. The normalized spacial score (nSPS) is 13.3. The van der Waals surface area contributed by atoms with E-state index in [9.17, 15) is 10.1 Å². The SMILES string of the molecule is COc1cc(C=NNc2nc(-c3ccccc3)c(C#N)c(=O)[nH]2)c(Cl)cc1N1CCCC1. The van der Waals surface area contributed by atoms with Crippen molar-refractivity contribution >= 4 is 29.5 Å². The van der Waals surface area contributed by atoms with Crippen LogP contribution in [0.15, 0.2) is 52.4 Å². The van der Waals surface area contributed by atoms with E-state index in [0.717, 1.165) is 31.6 Å². The number of hydrogen-bond donors (Lipinski definition) is 2. The van der Waals surface area contributed by atoms with Crippen LogP contribution in [-0.4, -0.2) is 36.4 Å². The summed E-state index contributed by atoms with van der Waals surface area (Å²) in [7, 11) is 1.62. The quantitative estimate of drug-likeness (QED) is 0.435. The van der Waals surface area contributed by atoms with Crippen molar-refractivity contribution in [3.63, 3.8) is 0 Å². The number of methoxy groups -OCH3 is 1. The molecule has 0 radical (unpaired) electrons. The number of benzene rings is 2. The summed E-state index contributed by atoms with van der Waals surface area (Å²) in [6.07, 6.45) is 3.82. The molecule has 1 aliphatic heterocycles. The van der Waals surface area contributed by atoms with Crippen LogP contribution >= 0.6 is 11.6 Å². The van der Waals surface area contributed by atoms with Crippen LogP contribution in [0.1, 0.15) is 24.0 Å². The van der Waals surface area contributed by atoms with Gasteiger partial charge in [-0.2, -0.15) is 10.4 Å². The van der Waals surface area contributed by atoms with Gasteiger partial charge >= 0.3 is 0 Å². The molecule has 9 heteroatoms. The highest BCUT2D eigenvalue weighted by Gasteiger charge is 2.18. The standard InChI is InChI=1S/C23H21ClN6O2/c1-32-20-11-16(18(24)12-19(20)30-9-5-6-10-30)14-26-29-23-27-21(15-7-3-2-4-8-15)17(13-25)22(31)28-23/h2-4,7-8,11-12,14H,5-6,9-10H2,1H3,(H2,27,28,29,31). The molecule has 2 aromatic carbocycles. The van der Waals surface area contributed by atoms with Gasteiger partial charge in [-0.1, -0.05) is 41.9 Å². The molecule has 3 aromatic rings. The molecular weight excluding hydrogens is 428 g/mol. The number of nitrogens with one attached hydrogen (secondary N) is 2. The maximum atomic E-state index is 12.3. The number of nitriles is 1. The van der Waals surface area contributed by atoms with Gasteiger partial charge < -0.3 is 9.64 Å². The molecule has 0 aliphatic carbocycles. The highest BCUT2D eigenvalue weighted by molar-refractivity contribution is 6.33. The van der Waals surface area contributed by atoms with Crippen LogP contribution < -0.4 is 20.6 Å². The third-order valence-corrected chi connectivity index (χ3v) is 5.52. The van der Waals surface area contributed by atoms with Gasteiger partial charge in [0, 0.05) is 24.2 Å². The maximum Gasteiger partial charge on any atom is 0.270 e. The van der Waals surface area contributed by atoms with Gasteiger partial charge in [0.1, 0.15) is 17.4 Å². The van der Waals surface area contributed by atoms with Crippen LogP contribution in [0.25, 0.3) is 11.3 Å². The van der Waals surface area contributed by atoms with Gasteiger partial charge in [0.2, 0.25) is 5.95 Å². The van der Waals surface area contributed by atoms with Crippen LogP contribution in [0.4, 0.5) is 11.6 Å². The topological polar surface area (TPSA) is 106 Å². The van der Waals surface area contributed by atoms with E-state index in [2.05, 4.69) is 25.4 Å². The summed E-state index contributed by atoms with van der Waals surface area (Å²) in [5.41, 5.74) is 4.66. The Balaban J connectivity index is 1.60. The second kappa shape index (κ2) is 9.54. The Bertz CT molecular complexity index is 1240. The average Bonchev–Trinajstić information content (AvgIpc) is 3.35. The number of rotatable bonds is 6. The van der Waals surface area contributed by atoms with E-state index in [0.29, 0.717) is 21.9 Å². The number of anilines is 2. The summed E-state index contributed by atoms with van der Waals surface area (Å²) in [4.78, 5) is 21.5. The number of H-pyrrole nitrogens is 1. The van der Waals surface area contributed by atoms with Gasteiger partial charge in [-0.3, -0.25) is 9.78 Å². The third kappa shape index (κ3) is 4.43. The zero-order valence-corrected chi connectivity index (χ0v) is 18.2. The molecule has 0 unspecified atom stereocenters. The predicted molar refractivity (Wildman–Crippen MR) is 126 cm³/mol. The summed E-state index contributed by atoms with van der Waals surface area (Å²) < 4.78 is 5.55. The van der Waals surface area contributed by atoms with Crippen molar-refractivity contribution in [1.82, 2.24) is 9.97 Å². The molecule has 0 atom stereocenters. The van der Waals surface area contributed by atoms with E-state index >= 15 is 0 Å². The fourth-order valence-corrected chi connectivity index (χ4v) is 3.83. The molecule has 4 rings (SSSR count). The Morgan fingerprint density at radius 3 is 2.72 bits per heavy atom. The first-order valence-corrected chi connectivity index (χ1v) is 10.5. The third-order valence-electron chi connectivity index (χ3n) is 5.20. The molecule has 162 valence electrons. The molecule has 8 nitrogen and oxygen atoms in total. The lowest BCUT2D eigenvalue weighted by Gasteiger charge is -2.21. The predicted octanol–water partition coefficient (Wildman–Crippen LogP) is 4.02. The van der Waals surface area contributed by atoms with Gasteiger partial charge in [0.15, 0.2) is 0 Å². The minimum atomic E-state index is -0.547. The highest BCUT2D eigenvalue weighted by Crippen LogP contribution is 2.35. The average molecular weight is 449 g/mol. The molecule has 1 saturated heterocycles. The molecule has 0 saturated carbocycles. The van der Waals surface area contributed by atoms with Crippen molar-refractivity contribution in [3.8, 4) is 23.1 Å². The van der Waals surface area contributed by atoms with E-state index in [-0.39, 0.29) is 17.2 Å². The van der Waals surface area contributed by atoms with Crippen LogP contribution in [0.3, 0.4) is 0 Å². The number of halogens is 1. The summed E-state index contributed by atoms with van der Waals surface area (Å²) >= 11 is 6.48. The highest BCUT2D eigenvalue weighted by atomic mass is 35.5. The Morgan fingerprint density at radius 1 is 1.28 bits per heavy atom. The summed E-state index contributed by atoms with van der Waals surface area (Å²) in [6.45, 7) is 1.95. The van der Waals surface area contributed by atoms with Crippen molar-refractivity contribution in [2.24, 2.45) is 5.10 Å². The van der Waals surface area contributed by atoms with E-state index < -0.39 is 5.56 Å². The zero-order chi connectivity index (χ0) is 22.5. The molecule has 1 fully saturated rings. The maximum absolute atomic E-state index is 12.3. The van der Waals surface area contributed by atoms with Crippen molar-refractivity contribution in [2.75, 3.05) is 30.5 Å². The molecule has 0 amide bonds. The first-order chi connectivity index (χ1) is 15.6. The van der Waals surface area contributed by atoms with Gasteiger partial charge in [0.25, 0.3) is 5.56 Å². The van der Waals surface area contributed by atoms with E-state index in [1.165, 1.54) is 6.21 Å². The fourth-order valence-electron chi connectivity index (χ4n) is 3.62. The van der Waals surface area contributed by atoms with Crippen molar-refractivity contribution in [2.45, 2.75) is 12.8 Å². The lowest BCUT2D eigenvalue weighted by molar-refractivity contribution is 0.415. The largest absolute Gasteiger partial charge is 0.495 e. The minimum Gasteiger partial charge on any atom is -0.495 e.